The van der Waals surface area contributed by atoms with E-state index in [-0.39, 0.29) is 6.04 Å². The molecule has 0 unspecified atom stereocenters. The average Bonchev–Trinajstić information content (AvgIpc) is 2.86. The number of benzene rings is 1. The number of nitrogens with one attached hydrogen (secondary N) is 1. The first-order chi connectivity index (χ1) is 6.65. The molecule has 0 heterocycles. The molecule has 1 aromatic carbocycles. The summed E-state index contributed by atoms with van der Waals surface area (Å²) in [6, 6.07) is 4.21. The topological polar surface area (TPSA) is 12.0 Å². The van der Waals surface area contributed by atoms with Crippen LogP contribution in [0.15, 0.2) is 18.2 Å². The Kier molecular flexibility index (Phi) is 2.50. The van der Waals surface area contributed by atoms with Crippen LogP contribution in [0, 0.1) is 11.6 Å². The molecular weight excluding hydrogens is 184 g/mol. The van der Waals surface area contributed by atoms with Gasteiger partial charge in [0.25, 0.3) is 0 Å². The van der Waals surface area contributed by atoms with E-state index in [0.717, 1.165) is 6.07 Å². The van der Waals surface area contributed by atoms with Gasteiger partial charge in [-0.15, -0.1) is 0 Å². The molecule has 2 rings (SSSR count). The van der Waals surface area contributed by atoms with Gasteiger partial charge in [0.1, 0.15) is 11.6 Å². The third kappa shape index (κ3) is 2.29. The van der Waals surface area contributed by atoms with Crippen molar-refractivity contribution >= 4 is 0 Å². The second-order valence-corrected chi connectivity index (χ2v) is 3.87. The van der Waals surface area contributed by atoms with Crippen molar-refractivity contribution in [3.8, 4) is 0 Å². The molecule has 1 fully saturated rings. The predicted octanol–water partition coefficient (Wildman–Crippen LogP) is 2.78. The third-order valence-corrected chi connectivity index (χ3v) is 2.45. The van der Waals surface area contributed by atoms with E-state index in [1.54, 1.807) is 0 Å². The Morgan fingerprint density at radius 2 is 1.79 bits per heavy atom. The summed E-state index contributed by atoms with van der Waals surface area (Å²) < 4.78 is 25.7. The zero-order valence-electron chi connectivity index (χ0n) is 8.06. The lowest BCUT2D eigenvalue weighted by Crippen LogP contribution is -2.20. The van der Waals surface area contributed by atoms with E-state index in [1.807, 2.05) is 6.92 Å². The highest BCUT2D eigenvalue weighted by Gasteiger charge is 2.23. The Balaban J connectivity index is 2.12. The Morgan fingerprint density at radius 3 is 2.29 bits per heavy atom. The SMILES string of the molecule is C[C@@H](NC1CC1)c1cc(F)cc(F)c1. The first-order valence-corrected chi connectivity index (χ1v) is 4.87. The normalized spacial score (nSPS) is 18.2. The molecule has 1 aliphatic rings. The van der Waals surface area contributed by atoms with Crippen molar-refractivity contribution in [1.82, 2.24) is 5.32 Å². The molecule has 0 radical (unpaired) electrons. The van der Waals surface area contributed by atoms with Crippen LogP contribution in [0.25, 0.3) is 0 Å². The maximum Gasteiger partial charge on any atom is 0.126 e. The van der Waals surface area contributed by atoms with Crippen LogP contribution >= 0.6 is 0 Å². The molecule has 3 heteroatoms. The number of rotatable bonds is 3. The molecule has 1 aromatic rings. The Bertz CT molecular complexity index is 314. The van der Waals surface area contributed by atoms with Crippen LogP contribution in [0.4, 0.5) is 8.78 Å². The predicted molar refractivity (Wildman–Crippen MR) is 50.9 cm³/mol. The highest BCUT2D eigenvalue weighted by atomic mass is 19.1. The van der Waals surface area contributed by atoms with Crippen LogP contribution in [-0.2, 0) is 0 Å². The molecule has 0 amide bonds. The van der Waals surface area contributed by atoms with Crippen LogP contribution in [0.5, 0.6) is 0 Å². The van der Waals surface area contributed by atoms with Gasteiger partial charge in [-0.25, -0.2) is 8.78 Å². The van der Waals surface area contributed by atoms with Crippen molar-refractivity contribution in [2.75, 3.05) is 0 Å². The number of hydrogen-bond acceptors (Lipinski definition) is 1. The number of hydrogen-bond donors (Lipinski definition) is 1. The molecule has 1 N–H and O–H groups in total. The molecule has 0 aliphatic heterocycles. The van der Waals surface area contributed by atoms with Crippen molar-refractivity contribution in [1.29, 1.82) is 0 Å². The lowest BCUT2D eigenvalue weighted by Gasteiger charge is -2.13. The number of halogens is 2. The lowest BCUT2D eigenvalue weighted by molar-refractivity contribution is 0.543. The van der Waals surface area contributed by atoms with Gasteiger partial charge in [0.15, 0.2) is 0 Å². The summed E-state index contributed by atoms with van der Waals surface area (Å²) in [4.78, 5) is 0. The molecule has 1 aliphatic carbocycles. The minimum atomic E-state index is -0.510. The lowest BCUT2D eigenvalue weighted by atomic mass is 10.1. The van der Waals surface area contributed by atoms with Crippen LogP contribution in [0.1, 0.15) is 31.4 Å². The second kappa shape index (κ2) is 3.65. The molecule has 0 spiro atoms. The quantitative estimate of drug-likeness (QED) is 0.785. The summed E-state index contributed by atoms with van der Waals surface area (Å²) in [7, 11) is 0. The molecule has 0 aromatic heterocycles. The average molecular weight is 197 g/mol. The fourth-order valence-corrected chi connectivity index (χ4v) is 1.52. The summed E-state index contributed by atoms with van der Waals surface area (Å²) in [5.74, 6) is -1.02. The highest BCUT2D eigenvalue weighted by Crippen LogP contribution is 2.24. The van der Waals surface area contributed by atoms with E-state index < -0.39 is 11.6 Å². The minimum Gasteiger partial charge on any atom is -0.307 e. The molecule has 0 saturated heterocycles. The Hall–Kier alpha value is -0.960. The van der Waals surface area contributed by atoms with Crippen molar-refractivity contribution in [2.45, 2.75) is 31.8 Å². The summed E-state index contributed by atoms with van der Waals surface area (Å²) in [5, 5.41) is 3.29. The van der Waals surface area contributed by atoms with E-state index in [4.69, 9.17) is 0 Å². The van der Waals surface area contributed by atoms with Crippen LogP contribution in [-0.4, -0.2) is 6.04 Å². The van der Waals surface area contributed by atoms with Crippen LogP contribution < -0.4 is 5.32 Å². The van der Waals surface area contributed by atoms with E-state index >= 15 is 0 Å². The maximum atomic E-state index is 12.9. The van der Waals surface area contributed by atoms with Crippen LogP contribution in [0.2, 0.25) is 0 Å². The van der Waals surface area contributed by atoms with Gasteiger partial charge in [-0.05, 0) is 37.5 Å². The summed E-state index contributed by atoms with van der Waals surface area (Å²) in [5.41, 5.74) is 0.675. The first-order valence-electron chi connectivity index (χ1n) is 4.87. The van der Waals surface area contributed by atoms with Crippen molar-refractivity contribution in [3.63, 3.8) is 0 Å². The molecule has 0 bridgehead atoms. The molecule has 76 valence electrons. The standard InChI is InChI=1S/C11H13F2N/c1-7(14-11-2-3-11)8-4-9(12)6-10(13)5-8/h4-7,11,14H,2-3H2,1H3/t7-/m1/s1. The van der Waals surface area contributed by atoms with Gasteiger partial charge in [0.2, 0.25) is 0 Å². The molecular formula is C11H13F2N. The molecule has 1 nitrogen and oxygen atoms in total. The van der Waals surface area contributed by atoms with Gasteiger partial charge in [-0.3, -0.25) is 0 Å². The third-order valence-electron chi connectivity index (χ3n) is 2.45. The van der Waals surface area contributed by atoms with Crippen molar-refractivity contribution in [3.05, 3.63) is 35.4 Å². The van der Waals surface area contributed by atoms with Crippen molar-refractivity contribution < 1.29 is 8.78 Å². The van der Waals surface area contributed by atoms with Gasteiger partial charge in [-0.2, -0.15) is 0 Å². The van der Waals surface area contributed by atoms with Gasteiger partial charge < -0.3 is 5.32 Å². The zero-order valence-corrected chi connectivity index (χ0v) is 8.06. The van der Waals surface area contributed by atoms with Gasteiger partial charge in [0, 0.05) is 18.2 Å². The van der Waals surface area contributed by atoms with E-state index in [0.29, 0.717) is 11.6 Å². The van der Waals surface area contributed by atoms with Gasteiger partial charge in [-0.1, -0.05) is 0 Å². The van der Waals surface area contributed by atoms with Gasteiger partial charge in [0.05, 0.1) is 0 Å². The summed E-state index contributed by atoms with van der Waals surface area (Å²) in [6.07, 6.45) is 2.34. The van der Waals surface area contributed by atoms with Gasteiger partial charge >= 0.3 is 0 Å². The summed E-state index contributed by atoms with van der Waals surface area (Å²) >= 11 is 0. The van der Waals surface area contributed by atoms with Crippen molar-refractivity contribution in [2.24, 2.45) is 0 Å². The molecule has 14 heavy (non-hydrogen) atoms. The largest absolute Gasteiger partial charge is 0.307 e. The monoisotopic (exact) mass is 197 g/mol. The minimum absolute atomic E-state index is 0.0210. The van der Waals surface area contributed by atoms with E-state index in [9.17, 15) is 8.78 Å². The zero-order chi connectivity index (χ0) is 10.1. The van der Waals surface area contributed by atoms with Crippen LogP contribution in [0.3, 0.4) is 0 Å². The second-order valence-electron chi connectivity index (χ2n) is 3.87. The maximum absolute atomic E-state index is 12.9. The van der Waals surface area contributed by atoms with E-state index in [2.05, 4.69) is 5.32 Å². The van der Waals surface area contributed by atoms with E-state index in [1.165, 1.54) is 25.0 Å². The molecule has 1 saturated carbocycles. The fourth-order valence-electron chi connectivity index (χ4n) is 1.52. The first kappa shape index (κ1) is 9.59. The smallest absolute Gasteiger partial charge is 0.126 e. The molecule has 1 atom stereocenters. The fraction of sp³-hybridized carbons (Fsp3) is 0.455. The Morgan fingerprint density at radius 1 is 1.21 bits per heavy atom. The Labute approximate surface area is 82.1 Å². The highest BCUT2D eigenvalue weighted by molar-refractivity contribution is 5.21. The summed E-state index contributed by atoms with van der Waals surface area (Å²) in [6.45, 7) is 1.92.